The zero-order chi connectivity index (χ0) is 17.3. The van der Waals surface area contributed by atoms with Gasteiger partial charge < -0.3 is 30.5 Å². The number of non-ortho nitro benzene ring substituents is 1. The van der Waals surface area contributed by atoms with E-state index in [1.165, 1.54) is 6.92 Å². The van der Waals surface area contributed by atoms with Crippen LogP contribution in [0.25, 0.3) is 0 Å². The van der Waals surface area contributed by atoms with Crippen molar-refractivity contribution in [1.29, 1.82) is 0 Å². The van der Waals surface area contributed by atoms with Crippen molar-refractivity contribution in [2.45, 2.75) is 37.6 Å². The number of nitrogens with zero attached hydrogens (tertiary/aromatic N) is 1. The van der Waals surface area contributed by atoms with Crippen LogP contribution < -0.4 is 5.32 Å². The topological polar surface area (TPSA) is 162 Å². The van der Waals surface area contributed by atoms with Gasteiger partial charge in [-0.05, 0) is 13.0 Å². The van der Waals surface area contributed by atoms with Crippen molar-refractivity contribution in [3.05, 3.63) is 33.9 Å². The van der Waals surface area contributed by atoms with Crippen molar-refractivity contribution in [3.63, 3.8) is 0 Å². The minimum absolute atomic E-state index is 0.0245. The van der Waals surface area contributed by atoms with Crippen LogP contribution in [0.4, 0.5) is 11.4 Å². The molecule has 0 saturated carbocycles. The van der Waals surface area contributed by atoms with Crippen molar-refractivity contribution in [2.75, 3.05) is 5.32 Å². The van der Waals surface area contributed by atoms with E-state index < -0.39 is 47.2 Å². The molecule has 2 rings (SSSR count). The molecule has 0 amide bonds. The molecular formula is C13H16N2O8. The molecule has 1 fully saturated rings. The van der Waals surface area contributed by atoms with Gasteiger partial charge in [0.05, 0.1) is 16.6 Å². The largest absolute Gasteiger partial charge is 0.478 e. The molecular weight excluding hydrogens is 312 g/mol. The maximum absolute atomic E-state index is 11.0. The number of nitro benzene ring substituents is 1. The van der Waals surface area contributed by atoms with Crippen molar-refractivity contribution in [3.8, 4) is 0 Å². The molecule has 0 spiro atoms. The van der Waals surface area contributed by atoms with E-state index in [9.17, 15) is 30.2 Å². The summed E-state index contributed by atoms with van der Waals surface area (Å²) < 4.78 is 5.30. The molecule has 5 N–H and O–H groups in total. The summed E-state index contributed by atoms with van der Waals surface area (Å²) in [6, 6.07) is 3.10. The van der Waals surface area contributed by atoms with Gasteiger partial charge in [0.15, 0.2) is 6.23 Å². The van der Waals surface area contributed by atoms with Crippen molar-refractivity contribution >= 4 is 17.3 Å². The van der Waals surface area contributed by atoms with Gasteiger partial charge in [0.25, 0.3) is 5.69 Å². The van der Waals surface area contributed by atoms with E-state index in [1.54, 1.807) is 0 Å². The van der Waals surface area contributed by atoms with Crippen LogP contribution in [-0.4, -0.2) is 62.0 Å². The summed E-state index contributed by atoms with van der Waals surface area (Å²) in [4.78, 5) is 21.1. The van der Waals surface area contributed by atoms with Crippen LogP contribution in [-0.2, 0) is 4.74 Å². The third kappa shape index (κ3) is 3.56. The minimum atomic E-state index is -1.51. The molecule has 0 aliphatic carbocycles. The molecule has 5 atom stereocenters. The minimum Gasteiger partial charge on any atom is -0.478 e. The fourth-order valence-electron chi connectivity index (χ4n) is 2.26. The SMILES string of the molecule is CC1OC(Nc2cc(C(=O)O)cc([N+](=O)[O-])c2)C(O)C(O)C1O. The third-order valence-electron chi connectivity index (χ3n) is 3.54. The first kappa shape index (κ1) is 17.1. The number of anilines is 1. The number of carbonyl (C=O) groups is 1. The Morgan fingerprint density at radius 3 is 2.43 bits per heavy atom. The van der Waals surface area contributed by atoms with E-state index in [0.717, 1.165) is 18.2 Å². The van der Waals surface area contributed by atoms with Gasteiger partial charge in [0.1, 0.15) is 18.3 Å². The zero-order valence-electron chi connectivity index (χ0n) is 12.0. The zero-order valence-corrected chi connectivity index (χ0v) is 12.0. The molecule has 1 heterocycles. The number of carboxylic acids is 1. The first-order valence-electron chi connectivity index (χ1n) is 6.69. The molecule has 126 valence electrons. The van der Waals surface area contributed by atoms with Crippen LogP contribution >= 0.6 is 0 Å². The highest BCUT2D eigenvalue weighted by Crippen LogP contribution is 2.26. The Kier molecular flexibility index (Phi) is 4.80. The molecule has 0 bridgehead atoms. The normalized spacial score (nSPS) is 30.7. The highest BCUT2D eigenvalue weighted by molar-refractivity contribution is 5.90. The second kappa shape index (κ2) is 6.46. The van der Waals surface area contributed by atoms with Crippen molar-refractivity contribution in [2.24, 2.45) is 0 Å². The Labute approximate surface area is 130 Å². The number of ether oxygens (including phenoxy) is 1. The summed E-state index contributed by atoms with van der Waals surface area (Å²) in [5, 5.41) is 51.7. The van der Waals surface area contributed by atoms with Crippen LogP contribution in [0.2, 0.25) is 0 Å². The highest BCUT2D eigenvalue weighted by Gasteiger charge is 2.41. The van der Waals surface area contributed by atoms with Crippen LogP contribution in [0.3, 0.4) is 0 Å². The Balaban J connectivity index is 2.28. The number of hydrogen-bond donors (Lipinski definition) is 5. The van der Waals surface area contributed by atoms with E-state index in [1.807, 2.05) is 0 Å². The van der Waals surface area contributed by atoms with E-state index in [-0.39, 0.29) is 11.3 Å². The Hall–Kier alpha value is -2.27. The predicted octanol–water partition coefficient (Wildman–Crippen LogP) is -0.468. The summed E-state index contributed by atoms with van der Waals surface area (Å²) in [7, 11) is 0. The number of aliphatic hydroxyl groups is 3. The number of aromatic carboxylic acids is 1. The molecule has 0 aromatic heterocycles. The van der Waals surface area contributed by atoms with E-state index in [4.69, 9.17) is 9.84 Å². The molecule has 1 aromatic carbocycles. The number of nitrogens with one attached hydrogen (secondary N) is 1. The first-order chi connectivity index (χ1) is 10.7. The summed E-state index contributed by atoms with van der Waals surface area (Å²) in [5.74, 6) is -1.36. The molecule has 10 nitrogen and oxygen atoms in total. The fraction of sp³-hybridized carbons (Fsp3) is 0.462. The molecule has 1 saturated heterocycles. The van der Waals surface area contributed by atoms with Crippen molar-refractivity contribution < 1.29 is 34.9 Å². The van der Waals surface area contributed by atoms with E-state index in [0.29, 0.717) is 0 Å². The molecule has 5 unspecified atom stereocenters. The van der Waals surface area contributed by atoms with Crippen molar-refractivity contribution in [1.82, 2.24) is 0 Å². The van der Waals surface area contributed by atoms with Gasteiger partial charge in [-0.2, -0.15) is 0 Å². The maximum Gasteiger partial charge on any atom is 0.336 e. The van der Waals surface area contributed by atoms with Crippen LogP contribution in [0.1, 0.15) is 17.3 Å². The van der Waals surface area contributed by atoms with Gasteiger partial charge in [-0.25, -0.2) is 4.79 Å². The average Bonchev–Trinajstić information content (AvgIpc) is 2.50. The number of rotatable bonds is 4. The molecule has 1 aliphatic rings. The van der Waals surface area contributed by atoms with Gasteiger partial charge in [-0.1, -0.05) is 0 Å². The Morgan fingerprint density at radius 1 is 1.22 bits per heavy atom. The molecule has 1 aromatic rings. The lowest BCUT2D eigenvalue weighted by Crippen LogP contribution is -2.58. The predicted molar refractivity (Wildman–Crippen MR) is 76.0 cm³/mol. The highest BCUT2D eigenvalue weighted by atomic mass is 16.6. The monoisotopic (exact) mass is 328 g/mol. The van der Waals surface area contributed by atoms with E-state index >= 15 is 0 Å². The molecule has 1 aliphatic heterocycles. The summed E-state index contributed by atoms with van der Waals surface area (Å²) in [5.41, 5.74) is -0.747. The average molecular weight is 328 g/mol. The standard InChI is InChI=1S/C13H16N2O8/c1-5-9(16)10(17)11(18)12(23-5)14-7-2-6(13(19)20)3-8(4-7)15(21)22/h2-5,9-12,14,16-18H,1H3,(H,19,20). The second-order valence-corrected chi connectivity index (χ2v) is 5.21. The maximum atomic E-state index is 11.0. The summed E-state index contributed by atoms with van der Waals surface area (Å²) >= 11 is 0. The van der Waals surface area contributed by atoms with Gasteiger partial charge in [-0.3, -0.25) is 10.1 Å². The smallest absolute Gasteiger partial charge is 0.336 e. The van der Waals surface area contributed by atoms with Gasteiger partial charge >= 0.3 is 5.97 Å². The van der Waals surface area contributed by atoms with Crippen LogP contribution in [0, 0.1) is 10.1 Å². The number of nitro groups is 1. The Morgan fingerprint density at radius 2 is 1.87 bits per heavy atom. The molecule has 0 radical (unpaired) electrons. The lowest BCUT2D eigenvalue weighted by Gasteiger charge is -2.39. The summed E-state index contributed by atoms with van der Waals surface area (Å²) in [6.45, 7) is 1.48. The lowest BCUT2D eigenvalue weighted by molar-refractivity contribution is -0.384. The third-order valence-corrected chi connectivity index (χ3v) is 3.54. The summed E-state index contributed by atoms with van der Waals surface area (Å²) in [6.07, 6.45) is -6.25. The molecule has 23 heavy (non-hydrogen) atoms. The lowest BCUT2D eigenvalue weighted by atomic mass is 9.99. The van der Waals surface area contributed by atoms with Gasteiger partial charge in [-0.15, -0.1) is 0 Å². The van der Waals surface area contributed by atoms with Gasteiger partial charge in [0.2, 0.25) is 0 Å². The number of benzene rings is 1. The van der Waals surface area contributed by atoms with Gasteiger partial charge in [0, 0.05) is 17.8 Å². The van der Waals surface area contributed by atoms with Crippen LogP contribution in [0.5, 0.6) is 0 Å². The molecule has 10 heteroatoms. The second-order valence-electron chi connectivity index (χ2n) is 5.21. The first-order valence-corrected chi connectivity index (χ1v) is 6.69. The Bertz CT molecular complexity index is 590. The quantitative estimate of drug-likeness (QED) is 0.363. The van der Waals surface area contributed by atoms with Crippen LogP contribution in [0.15, 0.2) is 18.2 Å². The number of carboxylic acid groups (broad SMARTS) is 1. The fourth-order valence-corrected chi connectivity index (χ4v) is 2.26. The van der Waals surface area contributed by atoms with E-state index in [2.05, 4.69) is 5.32 Å². The number of hydrogen-bond acceptors (Lipinski definition) is 8. The number of aliphatic hydroxyl groups excluding tert-OH is 3.